The van der Waals surface area contributed by atoms with Gasteiger partial charge in [-0.25, -0.2) is 0 Å². The van der Waals surface area contributed by atoms with Gasteiger partial charge in [0, 0.05) is 6.54 Å². The van der Waals surface area contributed by atoms with E-state index in [1.54, 1.807) is 0 Å². The third-order valence-corrected chi connectivity index (χ3v) is 1.89. The van der Waals surface area contributed by atoms with E-state index < -0.39 is 0 Å². The first-order chi connectivity index (χ1) is 4.68. The molecule has 2 heteroatoms. The molecule has 1 heterocycles. The summed E-state index contributed by atoms with van der Waals surface area (Å²) in [5.74, 6) is 0. The fourth-order valence-corrected chi connectivity index (χ4v) is 1.43. The van der Waals surface area contributed by atoms with Crippen molar-refractivity contribution in [1.82, 2.24) is 4.90 Å². The van der Waals surface area contributed by atoms with Crippen molar-refractivity contribution in [2.75, 3.05) is 20.6 Å². The van der Waals surface area contributed by atoms with Crippen molar-refractivity contribution in [3.63, 3.8) is 0 Å². The van der Waals surface area contributed by atoms with Gasteiger partial charge < -0.3 is 9.64 Å². The average Bonchev–Trinajstić information content (AvgIpc) is 2.13. The molecule has 0 aliphatic carbocycles. The van der Waals surface area contributed by atoms with Gasteiger partial charge in [-0.3, -0.25) is 0 Å². The Hall–Kier alpha value is -0.0800. The second-order valence-electron chi connectivity index (χ2n) is 3.41. The van der Waals surface area contributed by atoms with Gasteiger partial charge in [0.15, 0.2) is 0 Å². The number of hydrogen-bond donors (Lipinski definition) is 0. The number of ether oxygens (including phenoxy) is 1. The zero-order valence-corrected chi connectivity index (χ0v) is 7.13. The van der Waals surface area contributed by atoms with Gasteiger partial charge in [0.25, 0.3) is 0 Å². The maximum Gasteiger partial charge on any atom is 0.0706 e. The standard InChI is InChI=1S/C8H17NO/c1-7-4-5-8(10-7)6-9(2)3/h7-8H,4-6H2,1-3H3. The first kappa shape index (κ1) is 8.02. The Morgan fingerprint density at radius 3 is 2.50 bits per heavy atom. The van der Waals surface area contributed by atoms with E-state index in [9.17, 15) is 0 Å². The first-order valence-corrected chi connectivity index (χ1v) is 3.98. The second kappa shape index (κ2) is 3.35. The quantitative estimate of drug-likeness (QED) is 0.574. The smallest absolute Gasteiger partial charge is 0.0706 e. The summed E-state index contributed by atoms with van der Waals surface area (Å²) in [6.45, 7) is 3.22. The molecule has 60 valence electrons. The Kier molecular flexibility index (Phi) is 2.69. The summed E-state index contributed by atoms with van der Waals surface area (Å²) in [6.07, 6.45) is 3.45. The van der Waals surface area contributed by atoms with Crippen molar-refractivity contribution in [3.8, 4) is 0 Å². The second-order valence-corrected chi connectivity index (χ2v) is 3.41. The van der Waals surface area contributed by atoms with E-state index in [0.717, 1.165) is 6.54 Å². The van der Waals surface area contributed by atoms with Crippen LogP contribution in [0, 0.1) is 0 Å². The van der Waals surface area contributed by atoms with E-state index in [4.69, 9.17) is 4.74 Å². The zero-order chi connectivity index (χ0) is 7.56. The third-order valence-electron chi connectivity index (χ3n) is 1.89. The van der Waals surface area contributed by atoms with Gasteiger partial charge in [-0.1, -0.05) is 0 Å². The lowest BCUT2D eigenvalue weighted by Crippen LogP contribution is -2.25. The van der Waals surface area contributed by atoms with Crippen LogP contribution in [-0.4, -0.2) is 37.7 Å². The molecule has 1 saturated heterocycles. The maximum atomic E-state index is 5.63. The fourth-order valence-electron chi connectivity index (χ4n) is 1.43. The van der Waals surface area contributed by atoms with Crippen LogP contribution in [0.2, 0.25) is 0 Å². The summed E-state index contributed by atoms with van der Waals surface area (Å²) < 4.78 is 5.63. The van der Waals surface area contributed by atoms with Gasteiger partial charge in [0.05, 0.1) is 12.2 Å². The number of hydrogen-bond acceptors (Lipinski definition) is 2. The third kappa shape index (κ3) is 2.27. The summed E-state index contributed by atoms with van der Waals surface area (Å²) in [4.78, 5) is 2.18. The Bertz CT molecular complexity index is 103. The normalized spacial score (nSPS) is 33.6. The highest BCUT2D eigenvalue weighted by atomic mass is 16.5. The van der Waals surface area contributed by atoms with Crippen LogP contribution < -0.4 is 0 Å². The lowest BCUT2D eigenvalue weighted by molar-refractivity contribution is 0.0407. The Morgan fingerprint density at radius 1 is 1.40 bits per heavy atom. The molecule has 1 aliphatic rings. The highest BCUT2D eigenvalue weighted by Crippen LogP contribution is 2.18. The number of rotatable bonds is 2. The average molecular weight is 143 g/mol. The highest BCUT2D eigenvalue weighted by molar-refractivity contribution is 4.71. The summed E-state index contributed by atoms with van der Waals surface area (Å²) >= 11 is 0. The van der Waals surface area contributed by atoms with Crippen molar-refractivity contribution in [2.45, 2.75) is 32.0 Å². The molecule has 2 nitrogen and oxygen atoms in total. The molecule has 1 fully saturated rings. The van der Waals surface area contributed by atoms with E-state index in [0.29, 0.717) is 12.2 Å². The summed E-state index contributed by atoms with van der Waals surface area (Å²) in [6, 6.07) is 0. The Morgan fingerprint density at radius 2 is 2.10 bits per heavy atom. The van der Waals surface area contributed by atoms with E-state index >= 15 is 0 Å². The minimum atomic E-state index is 0.491. The zero-order valence-electron chi connectivity index (χ0n) is 7.13. The number of nitrogens with zero attached hydrogens (tertiary/aromatic N) is 1. The fraction of sp³-hybridized carbons (Fsp3) is 1.00. The van der Waals surface area contributed by atoms with E-state index in [1.807, 2.05) is 0 Å². The molecular formula is C8H17NO. The highest BCUT2D eigenvalue weighted by Gasteiger charge is 2.21. The SMILES string of the molecule is CC1CCC(CN(C)C)O1. The summed E-state index contributed by atoms with van der Waals surface area (Å²) in [5.41, 5.74) is 0. The lowest BCUT2D eigenvalue weighted by atomic mass is 10.2. The van der Waals surface area contributed by atoms with Gasteiger partial charge >= 0.3 is 0 Å². The van der Waals surface area contributed by atoms with Crippen LogP contribution in [0.4, 0.5) is 0 Å². The minimum Gasteiger partial charge on any atom is -0.374 e. The molecule has 10 heavy (non-hydrogen) atoms. The van der Waals surface area contributed by atoms with Gasteiger partial charge in [-0.15, -0.1) is 0 Å². The van der Waals surface area contributed by atoms with Gasteiger partial charge in [-0.2, -0.15) is 0 Å². The molecule has 0 aromatic rings. The molecule has 0 saturated carbocycles. The van der Waals surface area contributed by atoms with Crippen LogP contribution in [-0.2, 0) is 4.74 Å². The van der Waals surface area contributed by atoms with Crippen LogP contribution in [0.15, 0.2) is 0 Å². The number of likely N-dealkylation sites (N-methyl/N-ethyl adjacent to an activating group) is 1. The van der Waals surface area contributed by atoms with Gasteiger partial charge in [-0.05, 0) is 33.9 Å². The topological polar surface area (TPSA) is 12.5 Å². The predicted octanol–water partition coefficient (Wildman–Crippen LogP) is 1.12. The molecule has 1 rings (SSSR count). The van der Waals surface area contributed by atoms with Crippen LogP contribution in [0.3, 0.4) is 0 Å². The molecule has 0 spiro atoms. The molecule has 0 aromatic carbocycles. The van der Waals surface area contributed by atoms with Crippen LogP contribution in [0.5, 0.6) is 0 Å². The molecular weight excluding hydrogens is 126 g/mol. The van der Waals surface area contributed by atoms with E-state index in [2.05, 4.69) is 25.9 Å². The molecule has 0 aromatic heterocycles. The molecule has 2 unspecified atom stereocenters. The molecule has 0 radical (unpaired) electrons. The summed E-state index contributed by atoms with van der Waals surface area (Å²) in [5, 5.41) is 0. The van der Waals surface area contributed by atoms with E-state index in [-0.39, 0.29) is 0 Å². The van der Waals surface area contributed by atoms with Crippen molar-refractivity contribution >= 4 is 0 Å². The van der Waals surface area contributed by atoms with Crippen LogP contribution in [0.25, 0.3) is 0 Å². The lowest BCUT2D eigenvalue weighted by Gasteiger charge is -2.15. The van der Waals surface area contributed by atoms with Crippen molar-refractivity contribution < 1.29 is 4.74 Å². The molecule has 0 bridgehead atoms. The van der Waals surface area contributed by atoms with Crippen LogP contribution >= 0.6 is 0 Å². The van der Waals surface area contributed by atoms with Crippen LogP contribution in [0.1, 0.15) is 19.8 Å². The first-order valence-electron chi connectivity index (χ1n) is 3.98. The Labute approximate surface area is 63.2 Å². The monoisotopic (exact) mass is 143 g/mol. The molecule has 0 amide bonds. The molecule has 0 N–H and O–H groups in total. The minimum absolute atomic E-state index is 0.491. The van der Waals surface area contributed by atoms with E-state index in [1.165, 1.54) is 12.8 Å². The van der Waals surface area contributed by atoms with Crippen molar-refractivity contribution in [1.29, 1.82) is 0 Å². The van der Waals surface area contributed by atoms with Crippen molar-refractivity contribution in [3.05, 3.63) is 0 Å². The molecule has 2 atom stereocenters. The largest absolute Gasteiger partial charge is 0.374 e. The predicted molar refractivity (Wildman–Crippen MR) is 42.1 cm³/mol. The maximum absolute atomic E-state index is 5.63. The van der Waals surface area contributed by atoms with Crippen molar-refractivity contribution in [2.24, 2.45) is 0 Å². The van der Waals surface area contributed by atoms with Gasteiger partial charge in [0.2, 0.25) is 0 Å². The molecule has 1 aliphatic heterocycles. The summed E-state index contributed by atoms with van der Waals surface area (Å²) in [7, 11) is 4.18. The Balaban J connectivity index is 2.18. The van der Waals surface area contributed by atoms with Gasteiger partial charge in [0.1, 0.15) is 0 Å².